The Morgan fingerprint density at radius 1 is 1.41 bits per heavy atom. The standard InChI is InChI=1S/C14H19NO2/c1-2-17-14(16)13-9-11-15(13)10-8-12-6-4-3-5-7-12/h3-7,13H,2,8-11H2,1H3. The van der Waals surface area contributed by atoms with E-state index in [2.05, 4.69) is 17.0 Å². The van der Waals surface area contributed by atoms with Crippen molar-refractivity contribution in [1.82, 2.24) is 4.90 Å². The highest BCUT2D eigenvalue weighted by molar-refractivity contribution is 5.76. The maximum absolute atomic E-state index is 11.6. The number of hydrogen-bond acceptors (Lipinski definition) is 3. The highest BCUT2D eigenvalue weighted by Crippen LogP contribution is 2.19. The minimum absolute atomic E-state index is 0.00124. The predicted octanol–water partition coefficient (Wildman–Crippen LogP) is 1.87. The first-order chi connectivity index (χ1) is 8.31. The van der Waals surface area contributed by atoms with Gasteiger partial charge in [-0.2, -0.15) is 0 Å². The smallest absolute Gasteiger partial charge is 0.323 e. The maximum Gasteiger partial charge on any atom is 0.323 e. The second-order valence-corrected chi connectivity index (χ2v) is 4.33. The van der Waals surface area contributed by atoms with E-state index < -0.39 is 0 Å². The molecule has 0 radical (unpaired) electrons. The summed E-state index contributed by atoms with van der Waals surface area (Å²) in [5.74, 6) is -0.0631. The number of likely N-dealkylation sites (tertiary alicyclic amines) is 1. The molecule has 1 saturated heterocycles. The molecular weight excluding hydrogens is 214 g/mol. The lowest BCUT2D eigenvalue weighted by molar-refractivity contribution is -0.154. The van der Waals surface area contributed by atoms with Crippen molar-refractivity contribution >= 4 is 5.97 Å². The number of carbonyl (C=O) groups is 1. The van der Waals surface area contributed by atoms with Crippen LogP contribution >= 0.6 is 0 Å². The molecule has 3 heteroatoms. The van der Waals surface area contributed by atoms with Crippen LogP contribution in [0.15, 0.2) is 30.3 Å². The van der Waals surface area contributed by atoms with Crippen LogP contribution in [0, 0.1) is 0 Å². The van der Waals surface area contributed by atoms with Gasteiger partial charge in [-0.3, -0.25) is 9.69 Å². The Morgan fingerprint density at radius 3 is 2.76 bits per heavy atom. The molecule has 0 spiro atoms. The zero-order chi connectivity index (χ0) is 12.1. The first kappa shape index (κ1) is 12.1. The molecule has 1 aliphatic heterocycles. The number of benzene rings is 1. The minimum Gasteiger partial charge on any atom is -0.465 e. The highest BCUT2D eigenvalue weighted by atomic mass is 16.5. The van der Waals surface area contributed by atoms with Crippen LogP contribution in [0.1, 0.15) is 18.9 Å². The summed E-state index contributed by atoms with van der Waals surface area (Å²) < 4.78 is 5.05. The Kier molecular flexibility index (Phi) is 4.15. The molecule has 1 aliphatic rings. The normalized spacial score (nSPS) is 19.7. The van der Waals surface area contributed by atoms with E-state index in [0.29, 0.717) is 6.61 Å². The van der Waals surface area contributed by atoms with Crippen molar-refractivity contribution in [2.45, 2.75) is 25.8 Å². The van der Waals surface area contributed by atoms with Gasteiger partial charge in [0.15, 0.2) is 0 Å². The van der Waals surface area contributed by atoms with Crippen LogP contribution in [-0.4, -0.2) is 36.6 Å². The van der Waals surface area contributed by atoms with Gasteiger partial charge in [-0.25, -0.2) is 0 Å². The molecule has 2 rings (SSSR count). The molecule has 0 amide bonds. The summed E-state index contributed by atoms with van der Waals surface area (Å²) in [5, 5.41) is 0. The Bertz CT molecular complexity index is 364. The Balaban J connectivity index is 1.78. The molecule has 92 valence electrons. The van der Waals surface area contributed by atoms with Crippen LogP contribution in [-0.2, 0) is 16.0 Å². The number of nitrogens with zero attached hydrogens (tertiary/aromatic N) is 1. The summed E-state index contributed by atoms with van der Waals surface area (Å²) in [4.78, 5) is 13.8. The van der Waals surface area contributed by atoms with Gasteiger partial charge in [0, 0.05) is 13.1 Å². The number of carbonyl (C=O) groups excluding carboxylic acids is 1. The van der Waals surface area contributed by atoms with Gasteiger partial charge < -0.3 is 4.74 Å². The maximum atomic E-state index is 11.6. The van der Waals surface area contributed by atoms with Gasteiger partial charge in [0.05, 0.1) is 6.61 Å². The van der Waals surface area contributed by atoms with Gasteiger partial charge in [0.1, 0.15) is 6.04 Å². The monoisotopic (exact) mass is 233 g/mol. The Labute approximate surface area is 102 Å². The van der Waals surface area contributed by atoms with E-state index in [1.54, 1.807) is 0 Å². The largest absolute Gasteiger partial charge is 0.465 e. The van der Waals surface area contributed by atoms with E-state index in [1.807, 2.05) is 25.1 Å². The zero-order valence-corrected chi connectivity index (χ0v) is 10.3. The Morgan fingerprint density at radius 2 is 2.18 bits per heavy atom. The van der Waals surface area contributed by atoms with Crippen molar-refractivity contribution in [2.24, 2.45) is 0 Å². The molecule has 1 fully saturated rings. The van der Waals surface area contributed by atoms with Crippen molar-refractivity contribution in [1.29, 1.82) is 0 Å². The van der Waals surface area contributed by atoms with Crippen LogP contribution in [0.4, 0.5) is 0 Å². The molecule has 0 bridgehead atoms. The molecule has 1 heterocycles. The van der Waals surface area contributed by atoms with Crippen molar-refractivity contribution in [3.8, 4) is 0 Å². The van der Waals surface area contributed by atoms with E-state index in [1.165, 1.54) is 5.56 Å². The minimum atomic E-state index is -0.0631. The summed E-state index contributed by atoms with van der Waals surface area (Å²) in [6.45, 7) is 4.27. The second-order valence-electron chi connectivity index (χ2n) is 4.33. The topological polar surface area (TPSA) is 29.5 Å². The number of rotatable bonds is 5. The number of hydrogen-bond donors (Lipinski definition) is 0. The molecule has 3 nitrogen and oxygen atoms in total. The quantitative estimate of drug-likeness (QED) is 0.727. The van der Waals surface area contributed by atoms with Gasteiger partial charge in [0.2, 0.25) is 0 Å². The molecular formula is C14H19NO2. The van der Waals surface area contributed by atoms with Crippen molar-refractivity contribution < 1.29 is 9.53 Å². The van der Waals surface area contributed by atoms with E-state index in [9.17, 15) is 4.79 Å². The van der Waals surface area contributed by atoms with Crippen LogP contribution in [0.2, 0.25) is 0 Å². The first-order valence-corrected chi connectivity index (χ1v) is 6.26. The summed E-state index contributed by atoms with van der Waals surface area (Å²) >= 11 is 0. The number of esters is 1. The third-order valence-electron chi connectivity index (χ3n) is 3.22. The van der Waals surface area contributed by atoms with Gasteiger partial charge in [-0.15, -0.1) is 0 Å². The molecule has 0 aliphatic carbocycles. The fourth-order valence-corrected chi connectivity index (χ4v) is 2.13. The van der Waals surface area contributed by atoms with Crippen molar-refractivity contribution in [3.05, 3.63) is 35.9 Å². The van der Waals surface area contributed by atoms with Crippen molar-refractivity contribution in [2.75, 3.05) is 19.7 Å². The molecule has 0 saturated carbocycles. The summed E-state index contributed by atoms with van der Waals surface area (Å²) in [6.07, 6.45) is 1.93. The van der Waals surface area contributed by atoms with Crippen LogP contribution in [0.25, 0.3) is 0 Å². The highest BCUT2D eigenvalue weighted by Gasteiger charge is 2.34. The van der Waals surface area contributed by atoms with Gasteiger partial charge in [-0.1, -0.05) is 30.3 Å². The molecule has 1 aromatic rings. The average Bonchev–Trinajstić information content (AvgIpc) is 2.29. The summed E-state index contributed by atoms with van der Waals surface area (Å²) in [5.41, 5.74) is 1.32. The summed E-state index contributed by atoms with van der Waals surface area (Å²) in [6, 6.07) is 10.4. The van der Waals surface area contributed by atoms with E-state index in [-0.39, 0.29) is 12.0 Å². The van der Waals surface area contributed by atoms with E-state index in [0.717, 1.165) is 25.9 Å². The number of ether oxygens (including phenoxy) is 1. The van der Waals surface area contributed by atoms with Gasteiger partial charge >= 0.3 is 5.97 Å². The fraction of sp³-hybridized carbons (Fsp3) is 0.500. The zero-order valence-electron chi connectivity index (χ0n) is 10.3. The third kappa shape index (κ3) is 3.07. The second kappa shape index (κ2) is 5.82. The van der Waals surface area contributed by atoms with E-state index in [4.69, 9.17) is 4.74 Å². The lowest BCUT2D eigenvalue weighted by atomic mass is 10.0. The van der Waals surface area contributed by atoms with Crippen LogP contribution in [0.3, 0.4) is 0 Å². The molecule has 17 heavy (non-hydrogen) atoms. The molecule has 1 unspecified atom stereocenters. The molecule has 0 N–H and O–H groups in total. The SMILES string of the molecule is CCOC(=O)C1CCN1CCc1ccccc1. The molecule has 1 aromatic carbocycles. The van der Waals surface area contributed by atoms with Gasteiger partial charge in [-0.05, 0) is 25.3 Å². The van der Waals surface area contributed by atoms with Gasteiger partial charge in [0.25, 0.3) is 0 Å². The molecule has 0 aromatic heterocycles. The lowest BCUT2D eigenvalue weighted by Gasteiger charge is -2.38. The first-order valence-electron chi connectivity index (χ1n) is 6.26. The third-order valence-corrected chi connectivity index (χ3v) is 3.22. The molecule has 1 atom stereocenters. The van der Waals surface area contributed by atoms with Crippen LogP contribution in [0.5, 0.6) is 0 Å². The summed E-state index contributed by atoms with van der Waals surface area (Å²) in [7, 11) is 0. The van der Waals surface area contributed by atoms with Crippen molar-refractivity contribution in [3.63, 3.8) is 0 Å². The Hall–Kier alpha value is -1.35. The lowest BCUT2D eigenvalue weighted by Crippen LogP contribution is -2.53. The van der Waals surface area contributed by atoms with Crippen LogP contribution < -0.4 is 0 Å². The van der Waals surface area contributed by atoms with E-state index >= 15 is 0 Å². The fourth-order valence-electron chi connectivity index (χ4n) is 2.13. The average molecular weight is 233 g/mol. The predicted molar refractivity (Wildman–Crippen MR) is 66.8 cm³/mol.